The summed E-state index contributed by atoms with van der Waals surface area (Å²) in [7, 11) is 2.28. The average Bonchev–Trinajstić information content (AvgIpc) is 3.01. The molecule has 1 rings (SSSR count). The molecule has 1 heterocycles. The topological polar surface area (TPSA) is 150 Å². The summed E-state index contributed by atoms with van der Waals surface area (Å²) in [6.45, 7) is 3.96. The van der Waals surface area contributed by atoms with Crippen molar-refractivity contribution in [2.45, 2.75) is 64.3 Å². The Hall–Kier alpha value is -2.73. The fraction of sp³-hybridized carbons (Fsp3) is 0.722. The monoisotopic (exact) mass is 434 g/mol. The summed E-state index contributed by atoms with van der Waals surface area (Å²) in [5.74, 6) is -5.85. The third kappa shape index (κ3) is 6.66. The molecule has 170 valence electrons. The van der Waals surface area contributed by atoms with Gasteiger partial charge in [0.25, 0.3) is 5.79 Å². The number of carbonyl (C=O) groups excluding carboxylic acids is 5. The van der Waals surface area contributed by atoms with E-state index in [9.17, 15) is 24.0 Å². The zero-order chi connectivity index (χ0) is 23.1. The first kappa shape index (κ1) is 25.3. The molecule has 0 N–H and O–H groups in total. The molecule has 12 nitrogen and oxygen atoms in total. The first-order valence-corrected chi connectivity index (χ1v) is 8.92. The molecule has 12 heteroatoms. The Morgan fingerprint density at radius 3 is 1.97 bits per heavy atom. The van der Waals surface area contributed by atoms with Crippen molar-refractivity contribution in [1.82, 2.24) is 0 Å². The average molecular weight is 434 g/mol. The highest BCUT2D eigenvalue weighted by Gasteiger charge is 2.59. The van der Waals surface area contributed by atoms with Gasteiger partial charge < -0.3 is 33.2 Å². The van der Waals surface area contributed by atoms with Crippen LogP contribution in [0.2, 0.25) is 0 Å². The second kappa shape index (κ2) is 10.9. The lowest BCUT2D eigenvalue weighted by Crippen LogP contribution is -2.51. The zero-order valence-corrected chi connectivity index (χ0v) is 17.6. The summed E-state index contributed by atoms with van der Waals surface area (Å²) in [4.78, 5) is 58.4. The van der Waals surface area contributed by atoms with Crippen LogP contribution < -0.4 is 0 Å². The van der Waals surface area contributed by atoms with E-state index in [0.717, 1.165) is 34.8 Å². The fourth-order valence-corrected chi connectivity index (χ4v) is 2.98. The molecule has 0 unspecified atom stereocenters. The predicted octanol–water partition coefficient (Wildman–Crippen LogP) is -0.351. The van der Waals surface area contributed by atoms with Crippen LogP contribution in [0.15, 0.2) is 0 Å². The highest BCUT2D eigenvalue weighted by atomic mass is 16.8. The van der Waals surface area contributed by atoms with Gasteiger partial charge in [-0.25, -0.2) is 4.79 Å². The molecule has 0 aromatic rings. The van der Waals surface area contributed by atoms with Crippen molar-refractivity contribution in [2.24, 2.45) is 0 Å². The molecule has 0 aliphatic carbocycles. The van der Waals surface area contributed by atoms with Crippen LogP contribution in [0.1, 0.15) is 34.1 Å². The molecule has 0 aromatic heterocycles. The summed E-state index contributed by atoms with van der Waals surface area (Å²) >= 11 is 0. The van der Waals surface area contributed by atoms with Crippen molar-refractivity contribution in [3.63, 3.8) is 0 Å². The maximum Gasteiger partial charge on any atom is 0.366 e. The van der Waals surface area contributed by atoms with Crippen molar-refractivity contribution >= 4 is 29.8 Å². The summed E-state index contributed by atoms with van der Waals surface area (Å²) in [6.07, 6.45) is -5.52. The third-order valence-electron chi connectivity index (χ3n) is 4.07. The summed E-state index contributed by atoms with van der Waals surface area (Å²) in [5, 5.41) is 0. The van der Waals surface area contributed by atoms with Crippen LogP contribution in [0, 0.1) is 0 Å². The second-order valence-electron chi connectivity index (χ2n) is 6.41. The second-order valence-corrected chi connectivity index (χ2v) is 6.41. The minimum Gasteiger partial charge on any atom is -0.465 e. The van der Waals surface area contributed by atoms with Crippen molar-refractivity contribution in [1.29, 1.82) is 0 Å². The summed E-state index contributed by atoms with van der Waals surface area (Å²) < 4.78 is 36.1. The SMILES string of the molecule is COC(=O)[C@]1(OC)C[C@H](OC(C)=O)[C@@H]([C@@H](OC(C)=O)[C@H](COC(C)=O)OC(C)=O)O1. The van der Waals surface area contributed by atoms with E-state index in [4.69, 9.17) is 33.2 Å². The Morgan fingerprint density at radius 1 is 0.933 bits per heavy atom. The molecule has 1 aliphatic rings. The standard InChI is InChI=1S/C18H26O12/c1-9(19)26-8-14(28-11(3)21)15(29-12(4)22)16-13(27-10(2)20)7-18(25-6,30-16)17(23)24-5/h13-16H,7-8H2,1-6H3/t13-,14-,15-,16-,18-/m0/s1. The Labute approximate surface area is 173 Å². The number of rotatable bonds is 9. The van der Waals surface area contributed by atoms with E-state index in [1.165, 1.54) is 7.11 Å². The molecule has 30 heavy (non-hydrogen) atoms. The van der Waals surface area contributed by atoms with Gasteiger partial charge in [-0.2, -0.15) is 0 Å². The summed E-state index contributed by atoms with van der Waals surface area (Å²) in [5.41, 5.74) is 0. The number of hydrogen-bond acceptors (Lipinski definition) is 12. The van der Waals surface area contributed by atoms with Gasteiger partial charge >= 0.3 is 29.8 Å². The van der Waals surface area contributed by atoms with E-state index in [1.54, 1.807) is 0 Å². The molecule has 1 saturated heterocycles. The van der Waals surface area contributed by atoms with Crippen molar-refractivity contribution in [3.05, 3.63) is 0 Å². The third-order valence-corrected chi connectivity index (χ3v) is 4.07. The Morgan fingerprint density at radius 2 is 1.53 bits per heavy atom. The minimum atomic E-state index is -1.97. The van der Waals surface area contributed by atoms with E-state index in [1.807, 2.05) is 0 Å². The van der Waals surface area contributed by atoms with E-state index >= 15 is 0 Å². The molecule has 0 amide bonds. The van der Waals surface area contributed by atoms with Crippen LogP contribution in [-0.4, -0.2) is 80.9 Å². The van der Waals surface area contributed by atoms with Gasteiger partial charge in [0.05, 0.1) is 13.5 Å². The predicted molar refractivity (Wildman–Crippen MR) is 94.5 cm³/mol. The number of carbonyl (C=O) groups is 5. The van der Waals surface area contributed by atoms with Crippen LogP contribution in [-0.2, 0) is 57.1 Å². The lowest BCUT2D eigenvalue weighted by molar-refractivity contribution is -0.247. The summed E-state index contributed by atoms with van der Waals surface area (Å²) in [6, 6.07) is 0. The van der Waals surface area contributed by atoms with Crippen molar-refractivity contribution in [3.8, 4) is 0 Å². The molecule has 5 atom stereocenters. The molecular weight excluding hydrogens is 408 g/mol. The van der Waals surface area contributed by atoms with Crippen molar-refractivity contribution < 1.29 is 57.1 Å². The van der Waals surface area contributed by atoms with Crippen LogP contribution in [0.5, 0.6) is 0 Å². The van der Waals surface area contributed by atoms with E-state index in [2.05, 4.69) is 0 Å². The van der Waals surface area contributed by atoms with Gasteiger partial charge in [0.15, 0.2) is 12.2 Å². The van der Waals surface area contributed by atoms with Gasteiger partial charge in [-0.05, 0) is 0 Å². The van der Waals surface area contributed by atoms with Gasteiger partial charge in [0.2, 0.25) is 0 Å². The Balaban J connectivity index is 3.38. The van der Waals surface area contributed by atoms with Gasteiger partial charge in [-0.1, -0.05) is 0 Å². The van der Waals surface area contributed by atoms with Crippen LogP contribution >= 0.6 is 0 Å². The molecule has 0 aromatic carbocycles. The van der Waals surface area contributed by atoms with Gasteiger partial charge in [0.1, 0.15) is 18.8 Å². The zero-order valence-electron chi connectivity index (χ0n) is 17.6. The maximum absolute atomic E-state index is 12.3. The van der Waals surface area contributed by atoms with Crippen molar-refractivity contribution in [2.75, 3.05) is 20.8 Å². The van der Waals surface area contributed by atoms with Gasteiger partial charge in [-0.15, -0.1) is 0 Å². The molecule has 0 radical (unpaired) electrons. The molecule has 0 bridgehead atoms. The molecular formula is C18H26O12. The molecule has 1 aliphatic heterocycles. The molecule has 1 fully saturated rings. The number of esters is 5. The molecule has 0 spiro atoms. The smallest absolute Gasteiger partial charge is 0.366 e. The lowest BCUT2D eigenvalue weighted by atomic mass is 10.0. The highest BCUT2D eigenvalue weighted by molar-refractivity contribution is 5.78. The fourth-order valence-electron chi connectivity index (χ4n) is 2.98. The first-order chi connectivity index (χ1) is 14.0. The first-order valence-electron chi connectivity index (χ1n) is 8.92. The number of ether oxygens (including phenoxy) is 7. The largest absolute Gasteiger partial charge is 0.465 e. The van der Waals surface area contributed by atoms with E-state index in [-0.39, 0.29) is 6.42 Å². The molecule has 0 saturated carbocycles. The minimum absolute atomic E-state index is 0.293. The van der Waals surface area contributed by atoms with E-state index in [0.29, 0.717) is 0 Å². The normalized spacial score (nSPS) is 24.9. The Bertz CT molecular complexity index is 674. The van der Waals surface area contributed by atoms with Crippen LogP contribution in [0.4, 0.5) is 0 Å². The Kier molecular flexibility index (Phi) is 9.18. The van der Waals surface area contributed by atoms with Gasteiger partial charge in [-0.3, -0.25) is 19.2 Å². The highest BCUT2D eigenvalue weighted by Crippen LogP contribution is 2.38. The van der Waals surface area contributed by atoms with E-state index < -0.39 is 66.7 Å². The van der Waals surface area contributed by atoms with Crippen LogP contribution in [0.3, 0.4) is 0 Å². The lowest BCUT2D eigenvalue weighted by Gasteiger charge is -2.32. The maximum atomic E-state index is 12.3. The number of hydrogen-bond donors (Lipinski definition) is 0. The number of methoxy groups -OCH3 is 2. The quantitative estimate of drug-likeness (QED) is 0.345. The van der Waals surface area contributed by atoms with Crippen LogP contribution in [0.25, 0.3) is 0 Å². The van der Waals surface area contributed by atoms with Gasteiger partial charge in [0, 0.05) is 34.8 Å².